The normalized spacial score (nSPS) is 15.1. The largest absolute Gasteiger partial charge is 0.477 e. The maximum atomic E-state index is 11.1. The number of carboxylic acids is 1. The average molecular weight is 357 g/mol. The van der Waals surface area contributed by atoms with Crippen molar-refractivity contribution in [3.8, 4) is 11.1 Å². The first kappa shape index (κ1) is 17.5. The number of carboxylic acid groups (broad SMARTS) is 1. The van der Waals surface area contributed by atoms with Crippen molar-refractivity contribution < 1.29 is 9.90 Å². The molecule has 0 heterocycles. The molecule has 25 heavy (non-hydrogen) atoms. The van der Waals surface area contributed by atoms with E-state index in [1.165, 1.54) is 43.7 Å². The molecule has 0 atom stereocenters. The second kappa shape index (κ2) is 7.28. The maximum Gasteiger partial charge on any atom is 0.354 e. The van der Waals surface area contributed by atoms with Crippen LogP contribution in [0.2, 0.25) is 5.02 Å². The van der Waals surface area contributed by atoms with Crippen molar-refractivity contribution in [2.75, 3.05) is 5.73 Å². The van der Waals surface area contributed by atoms with Gasteiger partial charge in [0.2, 0.25) is 0 Å². The number of rotatable bonds is 4. The minimum absolute atomic E-state index is 0.184. The van der Waals surface area contributed by atoms with Crippen molar-refractivity contribution in [2.24, 2.45) is 0 Å². The summed E-state index contributed by atoms with van der Waals surface area (Å²) < 4.78 is 0. The molecule has 0 radical (unpaired) electrons. The highest BCUT2D eigenvalue weighted by Gasteiger charge is 2.18. The average Bonchev–Trinajstić information content (AvgIpc) is 2.62. The van der Waals surface area contributed by atoms with Crippen LogP contribution in [0, 0.1) is 5.41 Å². The van der Waals surface area contributed by atoms with Crippen molar-refractivity contribution in [1.82, 2.24) is 0 Å². The summed E-state index contributed by atoms with van der Waals surface area (Å²) in [6, 6.07) is 11.4. The SMILES string of the molecule is N=C(C(=O)O)c1cc(-c2ccc(C3CCCCC3)cc2)c(Cl)cc1N. The Hall–Kier alpha value is -2.33. The molecular weight excluding hydrogens is 336 g/mol. The summed E-state index contributed by atoms with van der Waals surface area (Å²) in [6.45, 7) is 0. The number of halogens is 1. The predicted molar refractivity (Wildman–Crippen MR) is 102 cm³/mol. The first-order valence-corrected chi connectivity index (χ1v) is 8.86. The Morgan fingerprint density at radius 1 is 1.12 bits per heavy atom. The fourth-order valence-corrected chi connectivity index (χ4v) is 3.79. The Morgan fingerprint density at radius 2 is 1.76 bits per heavy atom. The molecule has 2 aromatic carbocycles. The molecule has 1 saturated carbocycles. The lowest BCUT2D eigenvalue weighted by Crippen LogP contribution is -2.15. The molecule has 130 valence electrons. The van der Waals surface area contributed by atoms with Gasteiger partial charge in [-0.2, -0.15) is 0 Å². The van der Waals surface area contributed by atoms with Crippen LogP contribution in [0.1, 0.15) is 49.1 Å². The van der Waals surface area contributed by atoms with E-state index in [0.29, 0.717) is 16.5 Å². The van der Waals surface area contributed by atoms with Crippen LogP contribution in [-0.2, 0) is 4.79 Å². The van der Waals surface area contributed by atoms with Crippen LogP contribution in [0.3, 0.4) is 0 Å². The molecule has 5 heteroatoms. The van der Waals surface area contributed by atoms with Crippen LogP contribution in [0.4, 0.5) is 5.69 Å². The predicted octanol–water partition coefficient (Wildman–Crippen LogP) is 5.09. The summed E-state index contributed by atoms with van der Waals surface area (Å²) in [5.74, 6) is -0.687. The van der Waals surface area contributed by atoms with Crippen molar-refractivity contribution in [3.63, 3.8) is 0 Å². The Morgan fingerprint density at radius 3 is 2.36 bits per heavy atom. The van der Waals surface area contributed by atoms with Crippen LogP contribution in [0.15, 0.2) is 36.4 Å². The van der Waals surface area contributed by atoms with Gasteiger partial charge in [-0.25, -0.2) is 4.79 Å². The first-order chi connectivity index (χ1) is 12.0. The third-order valence-corrected chi connectivity index (χ3v) is 5.23. The number of anilines is 1. The third-order valence-electron chi connectivity index (χ3n) is 4.92. The van der Waals surface area contributed by atoms with E-state index in [0.717, 1.165) is 5.56 Å². The van der Waals surface area contributed by atoms with Crippen molar-refractivity contribution in [2.45, 2.75) is 38.0 Å². The van der Waals surface area contributed by atoms with Gasteiger partial charge in [0.1, 0.15) is 5.71 Å². The van der Waals surface area contributed by atoms with E-state index in [-0.39, 0.29) is 11.3 Å². The lowest BCUT2D eigenvalue weighted by molar-refractivity contribution is -0.129. The summed E-state index contributed by atoms with van der Waals surface area (Å²) >= 11 is 6.31. The molecule has 4 N–H and O–H groups in total. The first-order valence-electron chi connectivity index (χ1n) is 8.49. The van der Waals surface area contributed by atoms with Crippen LogP contribution in [0.25, 0.3) is 11.1 Å². The van der Waals surface area contributed by atoms with E-state index in [9.17, 15) is 4.79 Å². The van der Waals surface area contributed by atoms with Gasteiger partial charge in [-0.15, -0.1) is 0 Å². The molecule has 3 rings (SSSR count). The minimum Gasteiger partial charge on any atom is -0.477 e. The Bertz CT molecular complexity index is 809. The zero-order chi connectivity index (χ0) is 18.0. The lowest BCUT2D eigenvalue weighted by atomic mass is 9.83. The minimum atomic E-state index is -1.31. The number of aliphatic carboxylic acids is 1. The highest BCUT2D eigenvalue weighted by atomic mass is 35.5. The van der Waals surface area contributed by atoms with Gasteiger partial charge >= 0.3 is 5.97 Å². The highest BCUT2D eigenvalue weighted by molar-refractivity contribution is 6.43. The van der Waals surface area contributed by atoms with Gasteiger partial charge in [-0.05, 0) is 42.0 Å². The zero-order valence-electron chi connectivity index (χ0n) is 13.9. The number of carbonyl (C=O) groups is 1. The van der Waals surface area contributed by atoms with E-state index in [1.54, 1.807) is 6.07 Å². The number of nitrogens with one attached hydrogen (secondary N) is 1. The molecule has 4 nitrogen and oxygen atoms in total. The highest BCUT2D eigenvalue weighted by Crippen LogP contribution is 2.36. The topological polar surface area (TPSA) is 87.2 Å². The van der Waals surface area contributed by atoms with E-state index < -0.39 is 11.7 Å². The van der Waals surface area contributed by atoms with Gasteiger partial charge in [-0.3, -0.25) is 5.41 Å². The summed E-state index contributed by atoms with van der Waals surface area (Å²) in [7, 11) is 0. The van der Waals surface area contributed by atoms with Crippen molar-refractivity contribution >= 4 is 29.0 Å². The van der Waals surface area contributed by atoms with Gasteiger partial charge in [0, 0.05) is 16.8 Å². The van der Waals surface area contributed by atoms with Crippen LogP contribution in [0.5, 0.6) is 0 Å². The van der Waals surface area contributed by atoms with E-state index in [4.69, 9.17) is 27.9 Å². The van der Waals surface area contributed by atoms with Gasteiger partial charge in [0.05, 0.1) is 5.02 Å². The molecule has 0 unspecified atom stereocenters. The number of nitrogens with two attached hydrogens (primary N) is 1. The molecule has 0 aliphatic heterocycles. The molecule has 0 spiro atoms. The lowest BCUT2D eigenvalue weighted by Gasteiger charge is -2.22. The second-order valence-electron chi connectivity index (χ2n) is 6.56. The Labute approximate surface area is 152 Å². The van der Waals surface area contributed by atoms with E-state index >= 15 is 0 Å². The molecule has 2 aromatic rings. The summed E-state index contributed by atoms with van der Waals surface area (Å²) in [5.41, 5.74) is 8.61. The molecule has 0 saturated heterocycles. The third kappa shape index (κ3) is 3.69. The standard InChI is InChI=1S/C20H21ClN2O2/c21-17-11-18(22)16(19(23)20(24)25)10-15(17)14-8-6-13(7-9-14)12-4-2-1-3-5-12/h6-12,23H,1-5,22H2,(H,24,25). The Balaban J connectivity index is 1.94. The summed E-state index contributed by atoms with van der Waals surface area (Å²) in [6.07, 6.45) is 6.38. The van der Waals surface area contributed by atoms with E-state index in [1.807, 2.05) is 12.1 Å². The summed E-state index contributed by atoms with van der Waals surface area (Å²) in [5, 5.41) is 17.2. The zero-order valence-corrected chi connectivity index (χ0v) is 14.6. The second-order valence-corrected chi connectivity index (χ2v) is 6.96. The molecule has 1 aliphatic carbocycles. The number of nitrogen functional groups attached to an aromatic ring is 1. The Kier molecular flexibility index (Phi) is 5.09. The maximum absolute atomic E-state index is 11.1. The monoisotopic (exact) mass is 356 g/mol. The molecular formula is C20H21ClN2O2. The number of hydrogen-bond donors (Lipinski definition) is 3. The van der Waals surface area contributed by atoms with Crippen molar-refractivity contribution in [1.29, 1.82) is 5.41 Å². The molecule has 1 aliphatic rings. The molecule has 0 bridgehead atoms. The van der Waals surface area contributed by atoms with Gasteiger partial charge < -0.3 is 10.8 Å². The van der Waals surface area contributed by atoms with Gasteiger partial charge in [-0.1, -0.05) is 55.1 Å². The molecule has 0 aromatic heterocycles. The smallest absolute Gasteiger partial charge is 0.354 e. The number of hydrogen-bond acceptors (Lipinski definition) is 3. The van der Waals surface area contributed by atoms with Crippen LogP contribution in [-0.4, -0.2) is 16.8 Å². The van der Waals surface area contributed by atoms with E-state index in [2.05, 4.69) is 12.1 Å². The van der Waals surface area contributed by atoms with Crippen LogP contribution >= 0.6 is 11.6 Å². The quantitative estimate of drug-likeness (QED) is 0.526. The number of benzene rings is 2. The van der Waals surface area contributed by atoms with Crippen LogP contribution < -0.4 is 5.73 Å². The van der Waals surface area contributed by atoms with Gasteiger partial charge in [0.25, 0.3) is 0 Å². The fourth-order valence-electron chi connectivity index (χ4n) is 3.51. The van der Waals surface area contributed by atoms with Gasteiger partial charge in [0.15, 0.2) is 0 Å². The fraction of sp³-hybridized carbons (Fsp3) is 0.300. The molecule has 0 amide bonds. The summed E-state index contributed by atoms with van der Waals surface area (Å²) in [4.78, 5) is 11.1. The van der Waals surface area contributed by atoms with Crippen molar-refractivity contribution in [3.05, 3.63) is 52.5 Å². The molecule has 1 fully saturated rings.